The number of hydrogen-bond donors (Lipinski definition) is 1. The second-order valence-electron chi connectivity index (χ2n) is 3.83. The van der Waals surface area contributed by atoms with E-state index >= 15 is 0 Å². The monoisotopic (exact) mass is 215 g/mol. The third-order valence-electron chi connectivity index (χ3n) is 2.41. The van der Waals surface area contributed by atoms with Crippen molar-refractivity contribution in [1.82, 2.24) is 9.78 Å². The smallest absolute Gasteiger partial charge is 0.151 e. The minimum Gasteiger partial charge on any atom is -0.396 e. The fourth-order valence-electron chi connectivity index (χ4n) is 1.67. The SMILES string of the molecule is Cc1nn(CC2CS(=O)(=O)C2)cc1N. The van der Waals surface area contributed by atoms with Crippen LogP contribution in [0, 0.1) is 12.8 Å². The summed E-state index contributed by atoms with van der Waals surface area (Å²) < 4.78 is 23.5. The molecule has 0 amide bonds. The molecule has 1 aliphatic rings. The zero-order valence-corrected chi connectivity index (χ0v) is 8.79. The first-order valence-electron chi connectivity index (χ1n) is 4.46. The van der Waals surface area contributed by atoms with Crippen LogP contribution in [0.1, 0.15) is 5.69 Å². The van der Waals surface area contributed by atoms with E-state index in [1.54, 1.807) is 10.9 Å². The van der Waals surface area contributed by atoms with E-state index < -0.39 is 9.84 Å². The first kappa shape index (κ1) is 9.51. The average molecular weight is 215 g/mol. The van der Waals surface area contributed by atoms with Gasteiger partial charge in [-0.1, -0.05) is 0 Å². The maximum Gasteiger partial charge on any atom is 0.151 e. The van der Waals surface area contributed by atoms with Gasteiger partial charge in [-0.2, -0.15) is 5.10 Å². The molecular formula is C8H13N3O2S. The van der Waals surface area contributed by atoms with E-state index in [1.165, 1.54) is 0 Å². The van der Waals surface area contributed by atoms with E-state index in [4.69, 9.17) is 5.73 Å². The molecule has 0 spiro atoms. The minimum atomic E-state index is -2.73. The average Bonchev–Trinajstić information content (AvgIpc) is 2.27. The van der Waals surface area contributed by atoms with Crippen molar-refractivity contribution in [3.63, 3.8) is 0 Å². The van der Waals surface area contributed by atoms with E-state index in [0.717, 1.165) is 5.69 Å². The molecule has 1 saturated heterocycles. The highest BCUT2D eigenvalue weighted by Crippen LogP contribution is 2.20. The van der Waals surface area contributed by atoms with Gasteiger partial charge in [-0.3, -0.25) is 4.68 Å². The molecule has 78 valence electrons. The summed E-state index contributed by atoms with van der Waals surface area (Å²) in [6, 6.07) is 0. The van der Waals surface area contributed by atoms with Gasteiger partial charge in [-0.15, -0.1) is 0 Å². The van der Waals surface area contributed by atoms with E-state index in [-0.39, 0.29) is 17.4 Å². The van der Waals surface area contributed by atoms with E-state index in [1.807, 2.05) is 6.92 Å². The van der Waals surface area contributed by atoms with Crippen LogP contribution in [0.5, 0.6) is 0 Å². The summed E-state index contributed by atoms with van der Waals surface area (Å²) in [6.07, 6.45) is 1.75. The molecule has 0 radical (unpaired) electrons. The Hall–Kier alpha value is -1.04. The van der Waals surface area contributed by atoms with E-state index in [9.17, 15) is 8.42 Å². The van der Waals surface area contributed by atoms with Crippen LogP contribution in [0.4, 0.5) is 5.69 Å². The van der Waals surface area contributed by atoms with Crippen molar-refractivity contribution in [2.75, 3.05) is 17.2 Å². The summed E-state index contributed by atoms with van der Waals surface area (Å²) in [5.74, 6) is 0.774. The second-order valence-corrected chi connectivity index (χ2v) is 5.99. The van der Waals surface area contributed by atoms with Crippen molar-refractivity contribution >= 4 is 15.5 Å². The molecule has 6 heteroatoms. The Morgan fingerprint density at radius 3 is 2.71 bits per heavy atom. The van der Waals surface area contributed by atoms with Crippen molar-refractivity contribution in [2.45, 2.75) is 13.5 Å². The molecule has 0 saturated carbocycles. The molecule has 0 aliphatic carbocycles. The number of sulfone groups is 1. The van der Waals surface area contributed by atoms with Crippen LogP contribution in [0.3, 0.4) is 0 Å². The normalized spacial score (nSPS) is 20.6. The molecule has 0 atom stereocenters. The highest BCUT2D eigenvalue weighted by atomic mass is 32.2. The van der Waals surface area contributed by atoms with Gasteiger partial charge in [-0.25, -0.2) is 8.42 Å². The number of nitrogens with zero attached hydrogens (tertiary/aromatic N) is 2. The van der Waals surface area contributed by atoms with Gasteiger partial charge >= 0.3 is 0 Å². The van der Waals surface area contributed by atoms with Crippen molar-refractivity contribution in [3.8, 4) is 0 Å². The van der Waals surface area contributed by atoms with Gasteiger partial charge in [0.05, 0.1) is 22.9 Å². The Bertz CT molecular complexity index is 418. The number of nitrogens with two attached hydrogens (primary N) is 1. The molecule has 0 unspecified atom stereocenters. The molecule has 5 nitrogen and oxygen atoms in total. The van der Waals surface area contributed by atoms with Crippen LogP contribution in [0.25, 0.3) is 0 Å². The first-order chi connectivity index (χ1) is 6.46. The van der Waals surface area contributed by atoms with Gasteiger partial charge in [0.15, 0.2) is 9.84 Å². The highest BCUT2D eigenvalue weighted by molar-refractivity contribution is 7.92. The Morgan fingerprint density at radius 2 is 2.29 bits per heavy atom. The van der Waals surface area contributed by atoms with Crippen LogP contribution in [0.15, 0.2) is 6.20 Å². The topological polar surface area (TPSA) is 78.0 Å². The zero-order valence-electron chi connectivity index (χ0n) is 7.97. The molecule has 2 rings (SSSR count). The maximum atomic E-state index is 10.9. The molecule has 1 fully saturated rings. The Kier molecular flexibility index (Phi) is 2.02. The van der Waals surface area contributed by atoms with Gasteiger partial charge in [0, 0.05) is 18.7 Å². The summed E-state index contributed by atoms with van der Waals surface area (Å²) in [5, 5.41) is 4.18. The first-order valence-corrected chi connectivity index (χ1v) is 6.28. The van der Waals surface area contributed by atoms with Crippen LogP contribution in [-0.4, -0.2) is 29.7 Å². The predicted molar refractivity (Wildman–Crippen MR) is 53.5 cm³/mol. The largest absolute Gasteiger partial charge is 0.396 e. The number of anilines is 1. The molecular weight excluding hydrogens is 202 g/mol. The predicted octanol–water partition coefficient (Wildman–Crippen LogP) is -0.182. The van der Waals surface area contributed by atoms with Gasteiger partial charge in [0.25, 0.3) is 0 Å². The standard InChI is InChI=1S/C8H13N3O2S/c1-6-8(9)3-11(10-6)2-7-4-14(12,13)5-7/h3,7H,2,4-5,9H2,1H3. The fourth-order valence-corrected chi connectivity index (χ4v) is 3.22. The van der Waals surface area contributed by atoms with Crippen LogP contribution in [-0.2, 0) is 16.4 Å². The third-order valence-corrected chi connectivity index (χ3v) is 4.37. The van der Waals surface area contributed by atoms with Gasteiger partial charge in [0.1, 0.15) is 0 Å². The van der Waals surface area contributed by atoms with E-state index in [0.29, 0.717) is 12.2 Å². The van der Waals surface area contributed by atoms with Crippen LogP contribution >= 0.6 is 0 Å². The lowest BCUT2D eigenvalue weighted by Crippen LogP contribution is -2.39. The highest BCUT2D eigenvalue weighted by Gasteiger charge is 2.33. The number of nitrogen functional groups attached to an aromatic ring is 1. The van der Waals surface area contributed by atoms with Crippen molar-refractivity contribution < 1.29 is 8.42 Å². The Labute approximate surface area is 82.8 Å². The van der Waals surface area contributed by atoms with Gasteiger partial charge in [0.2, 0.25) is 0 Å². The number of aryl methyl sites for hydroxylation is 1. The van der Waals surface area contributed by atoms with Crippen molar-refractivity contribution in [3.05, 3.63) is 11.9 Å². The quantitative estimate of drug-likeness (QED) is 0.742. The molecule has 1 aromatic rings. The van der Waals surface area contributed by atoms with Crippen LogP contribution < -0.4 is 5.73 Å². The summed E-state index contributed by atoms with van der Waals surface area (Å²) in [4.78, 5) is 0. The van der Waals surface area contributed by atoms with Crippen molar-refractivity contribution in [1.29, 1.82) is 0 Å². The summed E-state index contributed by atoms with van der Waals surface area (Å²) in [6.45, 7) is 2.49. The molecule has 1 aromatic heterocycles. The minimum absolute atomic E-state index is 0.207. The van der Waals surface area contributed by atoms with Crippen LogP contribution in [0.2, 0.25) is 0 Å². The number of hydrogen-bond acceptors (Lipinski definition) is 4. The Balaban J connectivity index is 2.00. The Morgan fingerprint density at radius 1 is 1.64 bits per heavy atom. The van der Waals surface area contributed by atoms with Gasteiger partial charge in [-0.05, 0) is 6.92 Å². The molecule has 14 heavy (non-hydrogen) atoms. The maximum absolute atomic E-state index is 10.9. The van der Waals surface area contributed by atoms with Gasteiger partial charge < -0.3 is 5.73 Å². The molecule has 2 N–H and O–H groups in total. The van der Waals surface area contributed by atoms with Crippen molar-refractivity contribution in [2.24, 2.45) is 5.92 Å². The number of rotatable bonds is 2. The lowest BCUT2D eigenvalue weighted by Gasteiger charge is -2.25. The molecule has 0 aromatic carbocycles. The molecule has 2 heterocycles. The molecule has 0 bridgehead atoms. The summed E-state index contributed by atoms with van der Waals surface area (Å²) in [5.41, 5.74) is 7.09. The lowest BCUT2D eigenvalue weighted by atomic mass is 10.2. The second kappa shape index (κ2) is 2.98. The number of aromatic nitrogens is 2. The fraction of sp³-hybridized carbons (Fsp3) is 0.625. The summed E-state index contributed by atoms with van der Waals surface area (Å²) >= 11 is 0. The van der Waals surface area contributed by atoms with E-state index in [2.05, 4.69) is 5.10 Å². The summed E-state index contributed by atoms with van der Waals surface area (Å²) in [7, 11) is -2.73. The zero-order chi connectivity index (χ0) is 10.3. The molecule has 1 aliphatic heterocycles. The lowest BCUT2D eigenvalue weighted by molar-refractivity contribution is 0.442. The third kappa shape index (κ3) is 1.75.